The van der Waals surface area contributed by atoms with Crippen LogP contribution in [0, 0.1) is 10.1 Å². The fraction of sp³-hybridized carbons (Fsp3) is 0.217. The summed E-state index contributed by atoms with van der Waals surface area (Å²) in [5.41, 5.74) is 2.77. The molecular formula is C23H21ClN2O6. The summed E-state index contributed by atoms with van der Waals surface area (Å²) in [4.78, 5) is 10.3. The quantitative estimate of drug-likeness (QED) is 0.363. The molecule has 1 aliphatic rings. The van der Waals surface area contributed by atoms with E-state index in [1.807, 2.05) is 24.3 Å². The van der Waals surface area contributed by atoms with Crippen LogP contribution in [0.3, 0.4) is 0 Å². The molecule has 0 aliphatic carbocycles. The second-order valence-corrected chi connectivity index (χ2v) is 7.51. The molecule has 0 aromatic heterocycles. The van der Waals surface area contributed by atoms with Gasteiger partial charge in [0.25, 0.3) is 5.69 Å². The minimum absolute atomic E-state index is 0.0342. The van der Waals surface area contributed by atoms with Gasteiger partial charge in [0.2, 0.25) is 6.79 Å². The molecule has 4 rings (SSSR count). The van der Waals surface area contributed by atoms with E-state index in [1.165, 1.54) is 12.1 Å². The smallest absolute Gasteiger partial charge is 0.269 e. The molecule has 32 heavy (non-hydrogen) atoms. The van der Waals surface area contributed by atoms with E-state index in [2.05, 4.69) is 5.32 Å². The lowest BCUT2D eigenvalue weighted by molar-refractivity contribution is -0.384. The van der Waals surface area contributed by atoms with E-state index < -0.39 is 4.92 Å². The van der Waals surface area contributed by atoms with Crippen LogP contribution in [0.4, 0.5) is 5.69 Å². The number of halogens is 1. The Kier molecular flexibility index (Phi) is 6.63. The van der Waals surface area contributed by atoms with Crippen LogP contribution in [0.15, 0.2) is 54.6 Å². The molecule has 0 saturated heterocycles. The van der Waals surface area contributed by atoms with Gasteiger partial charge in [-0.05, 0) is 47.0 Å². The lowest BCUT2D eigenvalue weighted by atomic mass is 10.1. The molecule has 0 amide bonds. The maximum Gasteiger partial charge on any atom is 0.269 e. The first kappa shape index (κ1) is 21.7. The third kappa shape index (κ3) is 5.04. The molecule has 0 bridgehead atoms. The van der Waals surface area contributed by atoms with Crippen LogP contribution in [0.1, 0.15) is 16.7 Å². The number of non-ortho nitro benzene ring substituents is 1. The Morgan fingerprint density at radius 2 is 1.75 bits per heavy atom. The van der Waals surface area contributed by atoms with Crippen molar-refractivity contribution < 1.29 is 23.9 Å². The second-order valence-electron chi connectivity index (χ2n) is 7.10. The molecule has 3 aromatic carbocycles. The van der Waals surface area contributed by atoms with E-state index in [0.717, 1.165) is 28.2 Å². The van der Waals surface area contributed by atoms with E-state index in [-0.39, 0.29) is 19.1 Å². The van der Waals surface area contributed by atoms with E-state index in [9.17, 15) is 10.1 Å². The Labute approximate surface area is 189 Å². The molecule has 1 aliphatic heterocycles. The van der Waals surface area contributed by atoms with Gasteiger partial charge in [0, 0.05) is 36.3 Å². The lowest BCUT2D eigenvalue weighted by Crippen LogP contribution is -2.13. The van der Waals surface area contributed by atoms with Gasteiger partial charge < -0.3 is 24.3 Å². The van der Waals surface area contributed by atoms with Crippen molar-refractivity contribution in [2.24, 2.45) is 0 Å². The molecule has 0 fully saturated rings. The Balaban J connectivity index is 1.37. The first-order valence-corrected chi connectivity index (χ1v) is 10.2. The van der Waals surface area contributed by atoms with Crippen molar-refractivity contribution in [3.8, 4) is 23.0 Å². The molecule has 1 N–H and O–H groups in total. The van der Waals surface area contributed by atoms with E-state index >= 15 is 0 Å². The highest BCUT2D eigenvalue weighted by atomic mass is 35.5. The minimum atomic E-state index is -0.438. The van der Waals surface area contributed by atoms with Crippen LogP contribution < -0.4 is 24.3 Å². The minimum Gasteiger partial charge on any atom is -0.493 e. The standard InChI is InChI=1S/C23H21ClN2O6/c1-29-21-9-17(12-25-11-16-4-7-20-22(8-16)32-14-31-20)19(24)10-23(21)30-13-15-2-5-18(6-3-15)26(27)28/h2-10,25H,11-14H2,1H3. The number of ether oxygens (including phenoxy) is 4. The third-order valence-electron chi connectivity index (χ3n) is 4.96. The Hall–Kier alpha value is -3.49. The summed E-state index contributed by atoms with van der Waals surface area (Å²) in [5, 5.41) is 14.7. The SMILES string of the molecule is COc1cc(CNCc2ccc3c(c2)OCO3)c(Cl)cc1OCc1ccc([N+](=O)[O-])cc1. The molecular weight excluding hydrogens is 436 g/mol. The van der Waals surface area contributed by atoms with Crippen molar-refractivity contribution in [2.75, 3.05) is 13.9 Å². The van der Waals surface area contributed by atoms with Gasteiger partial charge in [0.05, 0.1) is 12.0 Å². The van der Waals surface area contributed by atoms with Crippen LogP contribution in [0.2, 0.25) is 5.02 Å². The van der Waals surface area contributed by atoms with Crippen LogP contribution in [-0.4, -0.2) is 18.8 Å². The molecule has 0 atom stereocenters. The van der Waals surface area contributed by atoms with Crippen LogP contribution in [0.5, 0.6) is 23.0 Å². The number of hydrogen-bond acceptors (Lipinski definition) is 7. The summed E-state index contributed by atoms with van der Waals surface area (Å²) in [6.45, 7) is 1.65. The van der Waals surface area contributed by atoms with Gasteiger partial charge in [-0.15, -0.1) is 0 Å². The number of rotatable bonds is 9. The van der Waals surface area contributed by atoms with Crippen LogP contribution in [-0.2, 0) is 19.7 Å². The van der Waals surface area contributed by atoms with E-state index in [4.69, 9.17) is 30.5 Å². The number of hydrogen-bond donors (Lipinski definition) is 1. The highest BCUT2D eigenvalue weighted by molar-refractivity contribution is 6.31. The van der Waals surface area contributed by atoms with Crippen molar-refractivity contribution in [2.45, 2.75) is 19.7 Å². The van der Waals surface area contributed by atoms with E-state index in [1.54, 1.807) is 25.3 Å². The molecule has 0 unspecified atom stereocenters. The molecule has 166 valence electrons. The van der Waals surface area contributed by atoms with Gasteiger partial charge >= 0.3 is 0 Å². The highest BCUT2D eigenvalue weighted by Crippen LogP contribution is 2.35. The maximum absolute atomic E-state index is 10.8. The number of benzene rings is 3. The zero-order valence-electron chi connectivity index (χ0n) is 17.3. The number of methoxy groups -OCH3 is 1. The molecule has 8 nitrogen and oxygen atoms in total. The molecule has 1 heterocycles. The number of nitrogens with zero attached hydrogens (tertiary/aromatic N) is 1. The van der Waals surface area contributed by atoms with Crippen LogP contribution >= 0.6 is 11.6 Å². The fourth-order valence-corrected chi connectivity index (χ4v) is 3.47. The summed E-state index contributed by atoms with van der Waals surface area (Å²) in [6.07, 6.45) is 0. The normalized spacial score (nSPS) is 11.9. The van der Waals surface area contributed by atoms with Gasteiger partial charge in [-0.3, -0.25) is 10.1 Å². The van der Waals surface area contributed by atoms with Gasteiger partial charge in [0.1, 0.15) is 6.61 Å². The van der Waals surface area contributed by atoms with Crippen molar-refractivity contribution in [1.29, 1.82) is 0 Å². The van der Waals surface area contributed by atoms with Gasteiger partial charge in [0.15, 0.2) is 23.0 Å². The second kappa shape index (κ2) is 9.76. The van der Waals surface area contributed by atoms with Crippen LogP contribution in [0.25, 0.3) is 0 Å². The van der Waals surface area contributed by atoms with Gasteiger partial charge in [-0.2, -0.15) is 0 Å². The Morgan fingerprint density at radius 3 is 2.50 bits per heavy atom. The van der Waals surface area contributed by atoms with Gasteiger partial charge in [-0.1, -0.05) is 17.7 Å². The summed E-state index contributed by atoms with van der Waals surface area (Å²) >= 11 is 6.47. The first-order valence-electron chi connectivity index (χ1n) is 9.85. The highest BCUT2D eigenvalue weighted by Gasteiger charge is 2.14. The number of fused-ring (bicyclic) bond motifs is 1. The molecule has 0 spiro atoms. The lowest BCUT2D eigenvalue weighted by Gasteiger charge is -2.14. The zero-order valence-corrected chi connectivity index (χ0v) is 18.1. The summed E-state index contributed by atoms with van der Waals surface area (Å²) in [7, 11) is 1.56. The predicted molar refractivity (Wildman–Crippen MR) is 119 cm³/mol. The largest absolute Gasteiger partial charge is 0.493 e. The van der Waals surface area contributed by atoms with Gasteiger partial charge in [-0.25, -0.2) is 0 Å². The molecule has 0 radical (unpaired) electrons. The summed E-state index contributed by atoms with van der Waals surface area (Å²) in [6, 6.07) is 15.6. The maximum atomic E-state index is 10.8. The first-order chi connectivity index (χ1) is 15.5. The summed E-state index contributed by atoms with van der Waals surface area (Å²) < 4.78 is 22.0. The molecule has 9 heteroatoms. The molecule has 0 saturated carbocycles. The average molecular weight is 457 g/mol. The van der Waals surface area contributed by atoms with Crippen molar-refractivity contribution in [3.05, 3.63) is 86.4 Å². The average Bonchev–Trinajstić information content (AvgIpc) is 3.27. The van der Waals surface area contributed by atoms with E-state index in [0.29, 0.717) is 29.6 Å². The van der Waals surface area contributed by atoms with Crippen molar-refractivity contribution in [3.63, 3.8) is 0 Å². The predicted octanol–water partition coefficient (Wildman–Crippen LogP) is 4.85. The molecule has 3 aromatic rings. The topological polar surface area (TPSA) is 92.1 Å². The zero-order chi connectivity index (χ0) is 22.5. The Bertz CT molecular complexity index is 1120. The Morgan fingerprint density at radius 1 is 1.00 bits per heavy atom. The number of nitro groups is 1. The van der Waals surface area contributed by atoms with Crippen molar-refractivity contribution >= 4 is 17.3 Å². The summed E-state index contributed by atoms with van der Waals surface area (Å²) in [5.74, 6) is 2.55. The number of nitro benzene ring substituents is 1. The van der Waals surface area contributed by atoms with Crippen molar-refractivity contribution in [1.82, 2.24) is 5.32 Å². The number of nitrogens with one attached hydrogen (secondary N) is 1. The monoisotopic (exact) mass is 456 g/mol. The third-order valence-corrected chi connectivity index (χ3v) is 5.31. The fourth-order valence-electron chi connectivity index (χ4n) is 3.25.